The van der Waals surface area contributed by atoms with Gasteiger partial charge in [0.15, 0.2) is 0 Å². The Bertz CT molecular complexity index is 702. The van der Waals surface area contributed by atoms with Crippen LogP contribution in [0.2, 0.25) is 0 Å². The second kappa shape index (κ2) is 8.88. The van der Waals surface area contributed by atoms with Gasteiger partial charge in [0.1, 0.15) is 17.6 Å². The molecule has 27 heavy (non-hydrogen) atoms. The van der Waals surface area contributed by atoms with Gasteiger partial charge in [0.05, 0.1) is 12.8 Å². The lowest BCUT2D eigenvalue weighted by Gasteiger charge is -2.22. The van der Waals surface area contributed by atoms with Crippen LogP contribution in [0.25, 0.3) is 0 Å². The first kappa shape index (κ1) is 20.7. The number of aliphatic imine (C=N–C) groups is 1. The lowest BCUT2D eigenvalue weighted by atomic mass is 9.87. The van der Waals surface area contributed by atoms with Crippen LogP contribution < -0.4 is 15.8 Å². The van der Waals surface area contributed by atoms with Gasteiger partial charge in [0.25, 0.3) is 0 Å². The molecule has 7 nitrogen and oxygen atoms in total. The number of nitrogens with zero attached hydrogens (tertiary/aromatic N) is 1. The number of aldehydes is 1. The second-order valence-corrected chi connectivity index (χ2v) is 7.79. The van der Waals surface area contributed by atoms with E-state index in [1.165, 1.54) is 7.11 Å². The van der Waals surface area contributed by atoms with E-state index >= 15 is 0 Å². The molecule has 1 aliphatic carbocycles. The highest BCUT2D eigenvalue weighted by molar-refractivity contribution is 5.94. The van der Waals surface area contributed by atoms with Crippen molar-refractivity contribution in [3.8, 4) is 5.75 Å². The number of anilines is 2. The first-order chi connectivity index (χ1) is 12.7. The van der Waals surface area contributed by atoms with E-state index in [-0.39, 0.29) is 12.0 Å². The van der Waals surface area contributed by atoms with Gasteiger partial charge >= 0.3 is 6.09 Å². The maximum atomic E-state index is 12.1. The number of benzene rings is 1. The standard InChI is InChI=1S/C20H29N3O4/c1-20(2,3)27-19(25)23-17-9-14(16(21)10-18(17)26-4)11-22-15-7-5-13(12-24)6-8-15/h9-13,15H,5-8,21H2,1-4H3,(H,23,25). The van der Waals surface area contributed by atoms with Gasteiger partial charge in [-0.1, -0.05) is 0 Å². The Morgan fingerprint density at radius 3 is 2.48 bits per heavy atom. The van der Waals surface area contributed by atoms with E-state index in [1.54, 1.807) is 39.1 Å². The van der Waals surface area contributed by atoms with Crippen LogP contribution in [0.1, 0.15) is 52.0 Å². The van der Waals surface area contributed by atoms with Gasteiger partial charge in [-0.25, -0.2) is 4.79 Å². The summed E-state index contributed by atoms with van der Waals surface area (Å²) in [5, 5.41) is 2.69. The van der Waals surface area contributed by atoms with Crippen LogP contribution in [0, 0.1) is 5.92 Å². The van der Waals surface area contributed by atoms with E-state index in [0.29, 0.717) is 22.7 Å². The fourth-order valence-electron chi connectivity index (χ4n) is 2.98. The number of carbonyl (C=O) groups excluding carboxylic acids is 2. The molecule has 0 heterocycles. The molecular formula is C20H29N3O4. The van der Waals surface area contributed by atoms with Gasteiger partial charge in [-0.2, -0.15) is 0 Å². The molecule has 148 valence electrons. The van der Waals surface area contributed by atoms with E-state index in [0.717, 1.165) is 32.0 Å². The van der Waals surface area contributed by atoms with Crippen LogP contribution in [0.15, 0.2) is 17.1 Å². The highest BCUT2D eigenvalue weighted by Gasteiger charge is 2.20. The summed E-state index contributed by atoms with van der Waals surface area (Å²) >= 11 is 0. The molecule has 1 fully saturated rings. The molecule has 0 spiro atoms. The van der Waals surface area contributed by atoms with Crippen molar-refractivity contribution in [3.63, 3.8) is 0 Å². The molecule has 1 saturated carbocycles. The number of amides is 1. The highest BCUT2D eigenvalue weighted by atomic mass is 16.6. The molecule has 3 N–H and O–H groups in total. The van der Waals surface area contributed by atoms with Crippen molar-refractivity contribution >= 4 is 30.0 Å². The summed E-state index contributed by atoms with van der Waals surface area (Å²) in [4.78, 5) is 27.5. The molecule has 1 aliphatic rings. The Labute approximate surface area is 160 Å². The summed E-state index contributed by atoms with van der Waals surface area (Å²) in [5.41, 5.74) is 7.16. The molecule has 2 rings (SSSR count). The Kier molecular flexibility index (Phi) is 6.82. The normalized spacial score (nSPS) is 20.3. The van der Waals surface area contributed by atoms with E-state index < -0.39 is 11.7 Å². The van der Waals surface area contributed by atoms with Gasteiger partial charge in [-0.05, 0) is 52.5 Å². The zero-order valence-corrected chi connectivity index (χ0v) is 16.5. The highest BCUT2D eigenvalue weighted by Crippen LogP contribution is 2.30. The number of methoxy groups -OCH3 is 1. The first-order valence-electron chi connectivity index (χ1n) is 9.18. The van der Waals surface area contributed by atoms with Crippen molar-refractivity contribution in [3.05, 3.63) is 17.7 Å². The molecule has 7 heteroatoms. The van der Waals surface area contributed by atoms with E-state index in [9.17, 15) is 9.59 Å². The van der Waals surface area contributed by atoms with E-state index in [4.69, 9.17) is 15.2 Å². The molecule has 0 unspecified atom stereocenters. The Morgan fingerprint density at radius 1 is 1.26 bits per heavy atom. The van der Waals surface area contributed by atoms with Crippen molar-refractivity contribution in [1.82, 2.24) is 0 Å². The average Bonchev–Trinajstić information content (AvgIpc) is 2.60. The number of ether oxygens (including phenoxy) is 2. The average molecular weight is 375 g/mol. The lowest BCUT2D eigenvalue weighted by molar-refractivity contribution is -0.111. The second-order valence-electron chi connectivity index (χ2n) is 7.79. The van der Waals surface area contributed by atoms with E-state index in [1.807, 2.05) is 0 Å². The first-order valence-corrected chi connectivity index (χ1v) is 9.18. The summed E-state index contributed by atoms with van der Waals surface area (Å²) in [7, 11) is 1.51. The molecule has 0 radical (unpaired) electrons. The summed E-state index contributed by atoms with van der Waals surface area (Å²) < 4.78 is 10.6. The smallest absolute Gasteiger partial charge is 0.412 e. The van der Waals surface area contributed by atoms with Crippen LogP contribution in [0.5, 0.6) is 5.75 Å². The SMILES string of the molecule is COc1cc(N)c(C=NC2CCC(C=O)CC2)cc1NC(=O)OC(C)(C)C. The number of nitrogens with two attached hydrogens (primary N) is 1. The van der Waals surface area contributed by atoms with Crippen molar-refractivity contribution in [2.45, 2.75) is 58.1 Å². The molecule has 0 bridgehead atoms. The molecule has 0 saturated heterocycles. The van der Waals surface area contributed by atoms with Crippen LogP contribution >= 0.6 is 0 Å². The van der Waals surface area contributed by atoms with Crippen molar-refractivity contribution in [2.75, 3.05) is 18.2 Å². The predicted octanol–water partition coefficient (Wildman–Crippen LogP) is 3.80. The summed E-state index contributed by atoms with van der Waals surface area (Å²) in [6.45, 7) is 5.39. The van der Waals surface area contributed by atoms with Crippen LogP contribution in [0.3, 0.4) is 0 Å². The van der Waals surface area contributed by atoms with E-state index in [2.05, 4.69) is 10.3 Å². The maximum Gasteiger partial charge on any atom is 0.412 e. The molecule has 1 amide bonds. The minimum absolute atomic E-state index is 0.159. The zero-order chi connectivity index (χ0) is 20.0. The molecule has 0 aliphatic heterocycles. The maximum absolute atomic E-state index is 12.1. The van der Waals surface area contributed by atoms with Crippen molar-refractivity contribution in [2.24, 2.45) is 10.9 Å². The summed E-state index contributed by atoms with van der Waals surface area (Å²) in [6, 6.07) is 3.56. The monoisotopic (exact) mass is 375 g/mol. The molecular weight excluding hydrogens is 346 g/mol. The summed E-state index contributed by atoms with van der Waals surface area (Å²) in [6.07, 6.45) is 5.71. The van der Waals surface area contributed by atoms with Crippen LogP contribution in [0.4, 0.5) is 16.2 Å². The van der Waals surface area contributed by atoms with Crippen LogP contribution in [-0.2, 0) is 9.53 Å². The fraction of sp³-hybridized carbons (Fsp3) is 0.550. The number of rotatable bonds is 5. The predicted molar refractivity (Wildman–Crippen MR) is 107 cm³/mol. The number of hydrogen-bond donors (Lipinski definition) is 2. The minimum Gasteiger partial charge on any atom is -0.494 e. The summed E-state index contributed by atoms with van der Waals surface area (Å²) in [5.74, 6) is 0.606. The number of carbonyl (C=O) groups is 2. The third kappa shape index (κ3) is 6.27. The third-order valence-corrected chi connectivity index (χ3v) is 4.40. The van der Waals surface area contributed by atoms with Gasteiger partial charge in [-0.3, -0.25) is 10.3 Å². The Balaban J connectivity index is 2.14. The Morgan fingerprint density at radius 2 is 1.93 bits per heavy atom. The number of hydrogen-bond acceptors (Lipinski definition) is 6. The molecule has 1 aromatic rings. The van der Waals surface area contributed by atoms with Gasteiger partial charge in [-0.15, -0.1) is 0 Å². The lowest BCUT2D eigenvalue weighted by Crippen LogP contribution is -2.27. The number of nitrogens with one attached hydrogen (secondary N) is 1. The molecule has 0 atom stereocenters. The van der Waals surface area contributed by atoms with Crippen molar-refractivity contribution < 1.29 is 19.1 Å². The fourth-order valence-corrected chi connectivity index (χ4v) is 2.98. The largest absolute Gasteiger partial charge is 0.494 e. The minimum atomic E-state index is -0.601. The van der Waals surface area contributed by atoms with Gasteiger partial charge < -0.3 is 20.0 Å². The quantitative estimate of drug-likeness (QED) is 0.463. The van der Waals surface area contributed by atoms with Crippen LogP contribution in [-0.4, -0.2) is 37.3 Å². The Hall–Kier alpha value is -2.57. The topological polar surface area (TPSA) is 103 Å². The number of nitrogen functional groups attached to an aromatic ring is 1. The zero-order valence-electron chi connectivity index (χ0n) is 16.5. The molecule has 0 aromatic heterocycles. The molecule has 1 aromatic carbocycles. The van der Waals surface area contributed by atoms with Gasteiger partial charge in [0.2, 0.25) is 0 Å². The van der Waals surface area contributed by atoms with Gasteiger partial charge in [0, 0.05) is 35.5 Å². The third-order valence-electron chi connectivity index (χ3n) is 4.40. The van der Waals surface area contributed by atoms with Crippen molar-refractivity contribution in [1.29, 1.82) is 0 Å².